The molecule has 0 saturated heterocycles. The molecule has 1 N–H and O–H groups in total. The van der Waals surface area contributed by atoms with Crippen LogP contribution >= 0.6 is 15.9 Å². The van der Waals surface area contributed by atoms with E-state index in [1.165, 1.54) is 6.92 Å². The molecule has 1 amide bonds. The maximum absolute atomic E-state index is 11.9. The van der Waals surface area contributed by atoms with Crippen LogP contribution in [0.3, 0.4) is 0 Å². The molecular formula is C17H14BrNO4. The smallest absolute Gasteiger partial charge is 0.339 e. The third kappa shape index (κ3) is 4.75. The lowest BCUT2D eigenvalue weighted by Crippen LogP contribution is -2.21. The van der Waals surface area contributed by atoms with Gasteiger partial charge in [-0.3, -0.25) is 9.59 Å². The summed E-state index contributed by atoms with van der Waals surface area (Å²) < 4.78 is 5.57. The molecule has 0 aliphatic rings. The molecule has 0 aliphatic carbocycles. The van der Waals surface area contributed by atoms with Gasteiger partial charge in [-0.1, -0.05) is 12.1 Å². The first-order chi connectivity index (χ1) is 11.0. The van der Waals surface area contributed by atoms with Crippen LogP contribution in [0, 0.1) is 0 Å². The van der Waals surface area contributed by atoms with Crippen LogP contribution in [-0.2, 0) is 9.53 Å². The molecular weight excluding hydrogens is 362 g/mol. The number of anilines is 1. The summed E-state index contributed by atoms with van der Waals surface area (Å²) in [6.45, 7) is 1.07. The van der Waals surface area contributed by atoms with E-state index >= 15 is 0 Å². The summed E-state index contributed by atoms with van der Waals surface area (Å²) in [7, 11) is 0. The Kier molecular flexibility index (Phi) is 5.65. The van der Waals surface area contributed by atoms with Gasteiger partial charge >= 0.3 is 5.97 Å². The van der Waals surface area contributed by atoms with E-state index in [-0.39, 0.29) is 5.78 Å². The summed E-state index contributed by atoms with van der Waals surface area (Å²) in [6, 6.07) is 13.3. The summed E-state index contributed by atoms with van der Waals surface area (Å²) in [4.78, 5) is 34.8. The molecule has 0 aromatic heterocycles. The number of benzene rings is 2. The van der Waals surface area contributed by atoms with Crippen molar-refractivity contribution in [2.75, 3.05) is 11.9 Å². The topological polar surface area (TPSA) is 72.5 Å². The lowest BCUT2D eigenvalue weighted by Gasteiger charge is -2.08. The average molecular weight is 376 g/mol. The van der Waals surface area contributed by atoms with Gasteiger partial charge in [0, 0.05) is 15.7 Å². The third-order valence-corrected chi connectivity index (χ3v) is 3.69. The maximum atomic E-state index is 11.9. The van der Waals surface area contributed by atoms with Crippen LogP contribution in [-0.4, -0.2) is 24.3 Å². The molecule has 0 radical (unpaired) electrons. The van der Waals surface area contributed by atoms with Gasteiger partial charge in [0.05, 0.1) is 5.56 Å². The molecule has 5 nitrogen and oxygen atoms in total. The summed E-state index contributed by atoms with van der Waals surface area (Å²) in [5.74, 6) is -1.09. The lowest BCUT2D eigenvalue weighted by molar-refractivity contribution is -0.119. The molecule has 0 spiro atoms. The van der Waals surface area contributed by atoms with Gasteiger partial charge in [0.1, 0.15) is 0 Å². The van der Waals surface area contributed by atoms with E-state index in [0.29, 0.717) is 21.3 Å². The Morgan fingerprint density at radius 2 is 1.70 bits per heavy atom. The SMILES string of the molecule is CC(=O)c1ccc(NC(=O)COC(=O)c2ccccc2Br)cc1. The van der Waals surface area contributed by atoms with Gasteiger partial charge in [0.25, 0.3) is 5.91 Å². The van der Waals surface area contributed by atoms with Gasteiger partial charge in [0.2, 0.25) is 0 Å². The van der Waals surface area contributed by atoms with Crippen LogP contribution in [0.25, 0.3) is 0 Å². The summed E-state index contributed by atoms with van der Waals surface area (Å²) in [5, 5.41) is 2.59. The quantitative estimate of drug-likeness (QED) is 0.641. The number of carbonyl (C=O) groups excluding carboxylic acids is 3. The van der Waals surface area contributed by atoms with Gasteiger partial charge in [-0.15, -0.1) is 0 Å². The fourth-order valence-corrected chi connectivity index (χ4v) is 2.27. The highest BCUT2D eigenvalue weighted by atomic mass is 79.9. The summed E-state index contributed by atoms with van der Waals surface area (Å²) >= 11 is 3.25. The molecule has 0 saturated carbocycles. The van der Waals surface area contributed by atoms with E-state index in [4.69, 9.17) is 4.74 Å². The molecule has 0 fully saturated rings. The van der Waals surface area contributed by atoms with E-state index in [1.54, 1.807) is 48.5 Å². The molecule has 2 rings (SSSR count). The van der Waals surface area contributed by atoms with Crippen molar-refractivity contribution in [2.24, 2.45) is 0 Å². The Labute approximate surface area is 141 Å². The minimum absolute atomic E-state index is 0.0507. The Balaban J connectivity index is 1.89. The number of nitrogens with one attached hydrogen (secondary N) is 1. The molecule has 0 aliphatic heterocycles. The van der Waals surface area contributed by atoms with E-state index in [9.17, 15) is 14.4 Å². The molecule has 0 atom stereocenters. The molecule has 0 heterocycles. The van der Waals surface area contributed by atoms with Crippen LogP contribution in [0.1, 0.15) is 27.6 Å². The molecule has 23 heavy (non-hydrogen) atoms. The number of ether oxygens (including phenoxy) is 1. The number of amides is 1. The van der Waals surface area contributed by atoms with Crippen molar-refractivity contribution < 1.29 is 19.1 Å². The number of hydrogen-bond acceptors (Lipinski definition) is 4. The second-order valence-corrected chi connectivity index (χ2v) is 5.59. The predicted molar refractivity (Wildman–Crippen MR) is 89.5 cm³/mol. The molecule has 2 aromatic carbocycles. The van der Waals surface area contributed by atoms with Gasteiger partial charge in [0.15, 0.2) is 12.4 Å². The second-order valence-electron chi connectivity index (χ2n) is 4.74. The van der Waals surface area contributed by atoms with Crippen LogP contribution in [0.2, 0.25) is 0 Å². The molecule has 0 bridgehead atoms. The van der Waals surface area contributed by atoms with Crippen molar-refractivity contribution in [1.82, 2.24) is 0 Å². The lowest BCUT2D eigenvalue weighted by atomic mass is 10.1. The van der Waals surface area contributed by atoms with Crippen molar-refractivity contribution >= 4 is 39.3 Å². The average Bonchev–Trinajstić information content (AvgIpc) is 2.53. The number of hydrogen-bond donors (Lipinski definition) is 1. The summed E-state index contributed by atoms with van der Waals surface area (Å²) in [6.07, 6.45) is 0. The number of ketones is 1. The Morgan fingerprint density at radius 1 is 1.04 bits per heavy atom. The Hall–Kier alpha value is -2.47. The fraction of sp³-hybridized carbons (Fsp3) is 0.118. The molecule has 2 aromatic rings. The number of rotatable bonds is 5. The minimum atomic E-state index is -0.584. The van der Waals surface area contributed by atoms with Gasteiger partial charge in [-0.25, -0.2) is 4.79 Å². The standard InChI is InChI=1S/C17H14BrNO4/c1-11(20)12-6-8-13(9-7-12)19-16(21)10-23-17(22)14-4-2-3-5-15(14)18/h2-9H,10H2,1H3,(H,19,21). The van der Waals surface area contributed by atoms with Crippen molar-refractivity contribution in [2.45, 2.75) is 6.92 Å². The van der Waals surface area contributed by atoms with Crippen LogP contribution in [0.5, 0.6) is 0 Å². The minimum Gasteiger partial charge on any atom is -0.452 e. The van der Waals surface area contributed by atoms with Gasteiger partial charge in [-0.2, -0.15) is 0 Å². The zero-order chi connectivity index (χ0) is 16.8. The van der Waals surface area contributed by atoms with Gasteiger partial charge < -0.3 is 10.1 Å². The Morgan fingerprint density at radius 3 is 2.30 bits per heavy atom. The highest BCUT2D eigenvalue weighted by Gasteiger charge is 2.13. The second kappa shape index (κ2) is 7.69. The highest BCUT2D eigenvalue weighted by Crippen LogP contribution is 2.16. The highest BCUT2D eigenvalue weighted by molar-refractivity contribution is 9.10. The first-order valence-electron chi connectivity index (χ1n) is 6.80. The van der Waals surface area contributed by atoms with Crippen LogP contribution < -0.4 is 5.32 Å². The van der Waals surface area contributed by atoms with E-state index in [1.807, 2.05) is 0 Å². The zero-order valence-corrected chi connectivity index (χ0v) is 13.9. The largest absolute Gasteiger partial charge is 0.452 e. The van der Waals surface area contributed by atoms with Crippen LogP contribution in [0.15, 0.2) is 53.0 Å². The number of carbonyl (C=O) groups is 3. The van der Waals surface area contributed by atoms with Crippen LogP contribution in [0.4, 0.5) is 5.69 Å². The van der Waals surface area contributed by atoms with E-state index in [2.05, 4.69) is 21.2 Å². The molecule has 118 valence electrons. The normalized spacial score (nSPS) is 10.0. The van der Waals surface area contributed by atoms with E-state index in [0.717, 1.165) is 0 Å². The number of esters is 1. The van der Waals surface area contributed by atoms with E-state index < -0.39 is 18.5 Å². The molecule has 0 unspecified atom stereocenters. The first-order valence-corrected chi connectivity index (χ1v) is 7.59. The monoisotopic (exact) mass is 375 g/mol. The number of halogens is 1. The Bertz CT molecular complexity index is 741. The predicted octanol–water partition coefficient (Wildman–Crippen LogP) is 3.45. The fourth-order valence-electron chi connectivity index (χ4n) is 1.82. The zero-order valence-electron chi connectivity index (χ0n) is 12.3. The summed E-state index contributed by atoms with van der Waals surface area (Å²) in [5.41, 5.74) is 1.44. The third-order valence-electron chi connectivity index (χ3n) is 3.00. The first kappa shape index (κ1) is 16.9. The van der Waals surface area contributed by atoms with Crippen molar-refractivity contribution in [1.29, 1.82) is 0 Å². The van der Waals surface area contributed by atoms with Gasteiger partial charge in [-0.05, 0) is 59.3 Å². The van der Waals surface area contributed by atoms with Crippen molar-refractivity contribution in [3.63, 3.8) is 0 Å². The number of Topliss-reactive ketones (excluding diaryl/α,β-unsaturated/α-hetero) is 1. The van der Waals surface area contributed by atoms with Crippen molar-refractivity contribution in [3.05, 3.63) is 64.1 Å². The van der Waals surface area contributed by atoms with Crippen molar-refractivity contribution in [3.8, 4) is 0 Å². The maximum Gasteiger partial charge on any atom is 0.339 e. The molecule has 6 heteroatoms.